The Kier molecular flexibility index (Phi) is 7.37. The van der Waals surface area contributed by atoms with Crippen LogP contribution in [0.5, 0.6) is 5.88 Å². The summed E-state index contributed by atoms with van der Waals surface area (Å²) in [5.41, 5.74) is -12.1. The fraction of sp³-hybridized carbons (Fsp3) is 0.263. The first-order valence-electron chi connectivity index (χ1n) is 9.75. The van der Waals surface area contributed by atoms with Gasteiger partial charge in [-0.25, -0.2) is 19.4 Å². The van der Waals surface area contributed by atoms with Crippen molar-refractivity contribution in [3.63, 3.8) is 0 Å². The minimum atomic E-state index is -6.42. The number of aromatic nitrogens is 4. The van der Waals surface area contributed by atoms with Crippen LogP contribution < -0.4 is 4.18 Å². The molecule has 3 aromatic heterocycles. The zero-order valence-corrected chi connectivity index (χ0v) is 19.1. The molecule has 0 amide bonds. The van der Waals surface area contributed by atoms with Gasteiger partial charge in [-0.1, -0.05) is 6.07 Å². The SMILES string of the molecule is CCOC(=O)c1cnn(-c2cccc(-c3cc(C(F)(F)F)cnc3OS(=O)(=O)C(F)(F)F)n2)c1C(F)(F)F. The van der Waals surface area contributed by atoms with Crippen molar-refractivity contribution in [3.8, 4) is 23.0 Å². The molecule has 3 rings (SSSR count). The fourth-order valence-electron chi connectivity index (χ4n) is 2.85. The van der Waals surface area contributed by atoms with Crippen LogP contribution in [0.2, 0.25) is 0 Å². The number of hydrogen-bond donors (Lipinski definition) is 0. The Labute approximate surface area is 205 Å². The maximum atomic E-state index is 13.8. The lowest BCUT2D eigenvalue weighted by atomic mass is 10.1. The van der Waals surface area contributed by atoms with Crippen molar-refractivity contribution < 1.29 is 61.6 Å². The first-order chi connectivity index (χ1) is 17.4. The van der Waals surface area contributed by atoms with Gasteiger partial charge >= 0.3 is 33.9 Å². The first-order valence-corrected chi connectivity index (χ1v) is 11.2. The van der Waals surface area contributed by atoms with E-state index in [0.29, 0.717) is 6.20 Å². The van der Waals surface area contributed by atoms with Crippen LogP contribution in [0, 0.1) is 0 Å². The molecule has 3 aromatic rings. The third-order valence-corrected chi connectivity index (χ3v) is 5.36. The molecule has 0 aromatic carbocycles. The molecule has 0 radical (unpaired) electrons. The third kappa shape index (κ3) is 5.81. The van der Waals surface area contributed by atoms with E-state index in [1.807, 2.05) is 0 Å². The van der Waals surface area contributed by atoms with Crippen LogP contribution >= 0.6 is 0 Å². The van der Waals surface area contributed by atoms with Crippen molar-refractivity contribution in [3.05, 3.63) is 53.5 Å². The summed E-state index contributed by atoms with van der Waals surface area (Å²) in [5, 5.41) is 3.42. The molecule has 0 fully saturated rings. The molecular formula is C19H11F9N4O5S. The van der Waals surface area contributed by atoms with Gasteiger partial charge in [0.05, 0.1) is 29.6 Å². The van der Waals surface area contributed by atoms with E-state index in [-0.39, 0.29) is 23.6 Å². The predicted octanol–water partition coefficient (Wildman–Crippen LogP) is 4.77. The molecule has 38 heavy (non-hydrogen) atoms. The fourth-order valence-corrected chi connectivity index (χ4v) is 3.29. The van der Waals surface area contributed by atoms with E-state index in [1.54, 1.807) is 0 Å². The van der Waals surface area contributed by atoms with Crippen molar-refractivity contribution in [2.24, 2.45) is 0 Å². The largest absolute Gasteiger partial charge is 0.534 e. The van der Waals surface area contributed by atoms with Gasteiger partial charge in [-0.3, -0.25) is 0 Å². The summed E-state index contributed by atoms with van der Waals surface area (Å²) >= 11 is 0. The molecule has 9 nitrogen and oxygen atoms in total. The lowest BCUT2D eigenvalue weighted by Crippen LogP contribution is -2.28. The highest BCUT2D eigenvalue weighted by molar-refractivity contribution is 7.88. The lowest BCUT2D eigenvalue weighted by Gasteiger charge is -2.15. The van der Waals surface area contributed by atoms with E-state index >= 15 is 0 Å². The number of carbonyl (C=O) groups is 1. The van der Waals surface area contributed by atoms with E-state index in [0.717, 1.165) is 18.2 Å². The molecule has 0 aliphatic carbocycles. The molecule has 0 aliphatic rings. The number of nitrogens with zero attached hydrogens (tertiary/aromatic N) is 4. The smallest absolute Gasteiger partial charge is 0.462 e. The molecule has 0 saturated carbocycles. The minimum absolute atomic E-state index is 0.0184. The quantitative estimate of drug-likeness (QED) is 0.178. The van der Waals surface area contributed by atoms with Crippen LogP contribution in [-0.4, -0.2) is 46.3 Å². The summed E-state index contributed by atoms with van der Waals surface area (Å²) in [6.45, 7) is 1.03. The highest BCUT2D eigenvalue weighted by Crippen LogP contribution is 2.38. The Morgan fingerprint density at radius 3 is 2.21 bits per heavy atom. The average molecular weight is 578 g/mol. The average Bonchev–Trinajstić information content (AvgIpc) is 3.24. The summed E-state index contributed by atoms with van der Waals surface area (Å²) < 4.78 is 151. The van der Waals surface area contributed by atoms with Crippen LogP contribution in [0.3, 0.4) is 0 Å². The summed E-state index contributed by atoms with van der Waals surface area (Å²) in [6, 6.07) is 2.76. The molecule has 0 bridgehead atoms. The van der Waals surface area contributed by atoms with Gasteiger partial charge in [0.25, 0.3) is 0 Å². The Morgan fingerprint density at radius 2 is 1.66 bits per heavy atom. The van der Waals surface area contributed by atoms with Crippen LogP contribution in [0.1, 0.15) is 28.5 Å². The number of ether oxygens (including phenoxy) is 1. The molecule has 0 N–H and O–H groups in total. The monoisotopic (exact) mass is 578 g/mol. The van der Waals surface area contributed by atoms with Gasteiger partial charge < -0.3 is 8.92 Å². The highest BCUT2D eigenvalue weighted by atomic mass is 32.2. The van der Waals surface area contributed by atoms with Gasteiger partial charge in [-0.15, -0.1) is 0 Å². The van der Waals surface area contributed by atoms with Gasteiger partial charge in [-0.2, -0.15) is 53.0 Å². The number of carbonyl (C=O) groups excluding carboxylic acids is 1. The number of halogens is 9. The normalized spacial score (nSPS) is 12.9. The summed E-state index contributed by atoms with van der Waals surface area (Å²) in [5.74, 6) is -3.67. The van der Waals surface area contributed by atoms with Crippen molar-refractivity contribution >= 4 is 16.1 Å². The predicted molar refractivity (Wildman–Crippen MR) is 106 cm³/mol. The second kappa shape index (κ2) is 9.76. The summed E-state index contributed by atoms with van der Waals surface area (Å²) in [7, 11) is -6.42. The molecule has 19 heteroatoms. The number of hydrogen-bond acceptors (Lipinski definition) is 8. The van der Waals surface area contributed by atoms with E-state index in [9.17, 15) is 52.7 Å². The molecule has 3 heterocycles. The van der Waals surface area contributed by atoms with Gasteiger partial charge in [-0.05, 0) is 25.1 Å². The van der Waals surface area contributed by atoms with Gasteiger partial charge in [0.15, 0.2) is 11.5 Å². The second-order valence-corrected chi connectivity index (χ2v) is 8.51. The topological polar surface area (TPSA) is 113 Å². The summed E-state index contributed by atoms with van der Waals surface area (Å²) in [6.07, 6.45) is -9.88. The molecule has 0 spiro atoms. The van der Waals surface area contributed by atoms with Crippen molar-refractivity contribution in [1.29, 1.82) is 0 Å². The maximum Gasteiger partial charge on any atom is 0.534 e. The van der Waals surface area contributed by atoms with E-state index in [2.05, 4.69) is 24.0 Å². The summed E-state index contributed by atoms with van der Waals surface area (Å²) in [4.78, 5) is 18.6. The minimum Gasteiger partial charge on any atom is -0.462 e. The Bertz CT molecular complexity index is 1460. The van der Waals surface area contributed by atoms with Crippen molar-refractivity contribution in [2.75, 3.05) is 6.61 Å². The zero-order valence-electron chi connectivity index (χ0n) is 18.3. The Balaban J connectivity index is 2.23. The zero-order chi connectivity index (χ0) is 28.7. The van der Waals surface area contributed by atoms with E-state index < -0.39 is 73.7 Å². The second-order valence-electron chi connectivity index (χ2n) is 6.98. The molecule has 0 aliphatic heterocycles. The van der Waals surface area contributed by atoms with Gasteiger partial charge in [0.2, 0.25) is 5.88 Å². The van der Waals surface area contributed by atoms with Gasteiger partial charge in [0, 0.05) is 6.20 Å². The molecule has 0 saturated heterocycles. The van der Waals surface area contributed by atoms with Crippen molar-refractivity contribution in [1.82, 2.24) is 19.7 Å². The number of rotatable bonds is 6. The number of alkyl halides is 9. The van der Waals surface area contributed by atoms with Gasteiger partial charge in [0.1, 0.15) is 5.56 Å². The Hall–Kier alpha value is -3.90. The standard InChI is InChI=1S/C19H11F9N4O5S/c1-2-36-16(33)11-8-30-32(14(11)18(23,24)25)13-5-3-4-12(31-13)10-6-9(17(20,21)22)7-29-15(10)37-38(34,35)19(26,27)28/h3-8H,2H2,1H3. The number of pyridine rings is 2. The van der Waals surface area contributed by atoms with E-state index in [1.165, 1.54) is 6.92 Å². The van der Waals surface area contributed by atoms with Crippen molar-refractivity contribution in [2.45, 2.75) is 24.8 Å². The highest BCUT2D eigenvalue weighted by Gasteiger charge is 2.49. The van der Waals surface area contributed by atoms with Crippen LogP contribution in [-0.2, 0) is 27.2 Å². The molecule has 0 unspecified atom stereocenters. The molecule has 0 atom stereocenters. The van der Waals surface area contributed by atoms with Crippen LogP contribution in [0.25, 0.3) is 17.1 Å². The lowest BCUT2D eigenvalue weighted by molar-refractivity contribution is -0.143. The Morgan fingerprint density at radius 1 is 1.00 bits per heavy atom. The van der Waals surface area contributed by atoms with Crippen LogP contribution in [0.4, 0.5) is 39.5 Å². The van der Waals surface area contributed by atoms with Crippen LogP contribution in [0.15, 0.2) is 36.7 Å². The first kappa shape index (κ1) is 28.7. The maximum absolute atomic E-state index is 13.8. The molecular weight excluding hydrogens is 567 g/mol. The molecule has 206 valence electrons. The number of esters is 1. The van der Waals surface area contributed by atoms with E-state index in [4.69, 9.17) is 0 Å². The third-order valence-electron chi connectivity index (χ3n) is 4.41.